The van der Waals surface area contributed by atoms with Crippen LogP contribution in [0.5, 0.6) is 0 Å². The lowest BCUT2D eigenvalue weighted by atomic mass is 9.81. The van der Waals surface area contributed by atoms with Crippen molar-refractivity contribution in [3.63, 3.8) is 0 Å². The van der Waals surface area contributed by atoms with E-state index in [0.29, 0.717) is 0 Å². The van der Waals surface area contributed by atoms with Crippen LogP contribution in [0.25, 0.3) is 67.1 Å². The van der Waals surface area contributed by atoms with Gasteiger partial charge in [0, 0.05) is 0 Å². The average Bonchev–Trinajstić information content (AvgIpc) is 3.26. The van der Waals surface area contributed by atoms with Gasteiger partial charge in [0.1, 0.15) is 0 Å². The normalized spacial score (nSPS) is 11.0. The van der Waals surface area contributed by atoms with E-state index in [9.17, 15) is 0 Å². The summed E-state index contributed by atoms with van der Waals surface area (Å²) in [6.45, 7) is 0. The lowest BCUT2D eigenvalue weighted by molar-refractivity contribution is 1.54. The van der Waals surface area contributed by atoms with E-state index in [2.05, 4.69) is 231 Å². The van der Waals surface area contributed by atoms with Gasteiger partial charge in [-0.1, -0.05) is 218 Å². The van der Waals surface area contributed by atoms with Gasteiger partial charge >= 0.3 is 0 Å². The quantitative estimate of drug-likeness (QED) is 0.110. The van der Waals surface area contributed by atoms with Crippen LogP contribution in [0.15, 0.2) is 218 Å². The standard InChI is InChI=1S/C54H38/c1-7-21-39(22-8-1)49(40-23-9-2-10-24-40)37-45-35-36-48-52(43-29-15-5-16-30-43)46-33-19-20-34-47(46)53(44-31-17-6-18-32-44)54(48)51(45)38-50(41-25-11-3-12-26-41)42-27-13-4-14-28-42/h1-38H. The molecule has 0 aromatic heterocycles. The minimum Gasteiger partial charge on any atom is -0.0622 e. The highest BCUT2D eigenvalue weighted by atomic mass is 14.2. The Hall–Kier alpha value is -7.02. The summed E-state index contributed by atoms with van der Waals surface area (Å²) in [6.07, 6.45) is 4.85. The van der Waals surface area contributed by atoms with Crippen molar-refractivity contribution in [1.29, 1.82) is 0 Å². The topological polar surface area (TPSA) is 0 Å². The first-order chi connectivity index (χ1) is 26.8. The van der Waals surface area contributed by atoms with Crippen molar-refractivity contribution in [1.82, 2.24) is 0 Å². The van der Waals surface area contributed by atoms with Crippen molar-refractivity contribution in [3.8, 4) is 22.3 Å². The molecular weight excluding hydrogens is 649 g/mol. The van der Waals surface area contributed by atoms with Crippen LogP contribution in [0.1, 0.15) is 33.4 Å². The number of hydrogen-bond acceptors (Lipinski definition) is 0. The predicted octanol–water partition coefficient (Wildman–Crippen LogP) is 14.5. The zero-order chi connectivity index (χ0) is 36.1. The van der Waals surface area contributed by atoms with Crippen molar-refractivity contribution < 1.29 is 0 Å². The Morgan fingerprint density at radius 2 is 0.630 bits per heavy atom. The molecule has 0 bridgehead atoms. The molecule has 254 valence electrons. The summed E-state index contributed by atoms with van der Waals surface area (Å²) in [6, 6.07) is 78.6. The molecule has 0 spiro atoms. The van der Waals surface area contributed by atoms with Crippen LogP contribution in [-0.4, -0.2) is 0 Å². The van der Waals surface area contributed by atoms with Gasteiger partial charge in [0.15, 0.2) is 0 Å². The molecule has 0 nitrogen and oxygen atoms in total. The number of fused-ring (bicyclic) bond motifs is 2. The van der Waals surface area contributed by atoms with Gasteiger partial charge in [-0.05, 0) is 100 Å². The monoisotopic (exact) mass is 686 g/mol. The highest BCUT2D eigenvalue weighted by Gasteiger charge is 2.21. The Bertz CT molecular complexity index is 2660. The van der Waals surface area contributed by atoms with Gasteiger partial charge in [-0.3, -0.25) is 0 Å². The maximum Gasteiger partial charge on any atom is -0.00139 e. The van der Waals surface area contributed by atoms with E-state index in [1.54, 1.807) is 0 Å². The molecule has 0 aliphatic rings. The molecule has 0 N–H and O–H groups in total. The minimum absolute atomic E-state index is 1.15. The van der Waals surface area contributed by atoms with Gasteiger partial charge in [0.05, 0.1) is 0 Å². The zero-order valence-corrected chi connectivity index (χ0v) is 29.9. The third kappa shape index (κ3) is 6.36. The van der Waals surface area contributed by atoms with E-state index in [4.69, 9.17) is 0 Å². The molecule has 0 saturated heterocycles. The van der Waals surface area contributed by atoms with E-state index in [1.807, 2.05) is 0 Å². The molecule has 0 heteroatoms. The Morgan fingerprint density at radius 3 is 1.07 bits per heavy atom. The molecule has 0 unspecified atom stereocenters. The molecule has 0 heterocycles. The van der Waals surface area contributed by atoms with Crippen LogP contribution in [0.3, 0.4) is 0 Å². The number of rotatable bonds is 8. The molecule has 9 rings (SSSR count). The third-order valence-corrected chi connectivity index (χ3v) is 10.3. The smallest absolute Gasteiger partial charge is 0.00139 e. The summed E-state index contributed by atoms with van der Waals surface area (Å²) in [5, 5.41) is 4.94. The molecule has 0 amide bonds. The summed E-state index contributed by atoms with van der Waals surface area (Å²) >= 11 is 0. The predicted molar refractivity (Wildman–Crippen MR) is 232 cm³/mol. The van der Waals surface area contributed by atoms with Crippen LogP contribution < -0.4 is 0 Å². The third-order valence-electron chi connectivity index (χ3n) is 10.3. The lowest BCUT2D eigenvalue weighted by Crippen LogP contribution is -1.97. The molecule has 9 aromatic carbocycles. The largest absolute Gasteiger partial charge is 0.0622 e. The van der Waals surface area contributed by atoms with Crippen molar-refractivity contribution >= 4 is 44.8 Å². The van der Waals surface area contributed by atoms with Crippen molar-refractivity contribution in [3.05, 3.63) is 252 Å². The lowest BCUT2D eigenvalue weighted by Gasteiger charge is -2.22. The molecular formula is C54H38. The molecule has 0 atom stereocenters. The molecule has 0 aliphatic carbocycles. The van der Waals surface area contributed by atoms with Gasteiger partial charge in [-0.15, -0.1) is 0 Å². The fourth-order valence-corrected chi connectivity index (χ4v) is 7.85. The maximum atomic E-state index is 2.45. The maximum absolute atomic E-state index is 2.45. The Morgan fingerprint density at radius 1 is 0.278 bits per heavy atom. The van der Waals surface area contributed by atoms with Crippen LogP contribution in [-0.2, 0) is 0 Å². The molecule has 0 fully saturated rings. The van der Waals surface area contributed by atoms with E-state index in [0.717, 1.165) is 5.56 Å². The van der Waals surface area contributed by atoms with Crippen LogP contribution in [0, 0.1) is 0 Å². The van der Waals surface area contributed by atoms with E-state index in [-0.39, 0.29) is 0 Å². The van der Waals surface area contributed by atoms with Crippen molar-refractivity contribution in [2.24, 2.45) is 0 Å². The van der Waals surface area contributed by atoms with E-state index in [1.165, 1.54) is 82.8 Å². The Balaban J connectivity index is 1.50. The zero-order valence-electron chi connectivity index (χ0n) is 29.9. The second kappa shape index (κ2) is 14.9. The van der Waals surface area contributed by atoms with E-state index >= 15 is 0 Å². The van der Waals surface area contributed by atoms with Crippen LogP contribution >= 0.6 is 0 Å². The first-order valence-electron chi connectivity index (χ1n) is 18.6. The summed E-state index contributed by atoms with van der Waals surface area (Å²) in [4.78, 5) is 0. The first kappa shape index (κ1) is 32.9. The SMILES string of the molecule is C(=C(c1ccccc1)c1ccccc1)c1ccc2c(-c3ccccc3)c3ccccc3c(-c3ccccc3)c2c1C=C(c1ccccc1)c1ccccc1. The molecule has 0 radical (unpaired) electrons. The number of hydrogen-bond donors (Lipinski definition) is 0. The van der Waals surface area contributed by atoms with Gasteiger partial charge in [0.2, 0.25) is 0 Å². The first-order valence-corrected chi connectivity index (χ1v) is 18.6. The fourth-order valence-electron chi connectivity index (χ4n) is 7.85. The van der Waals surface area contributed by atoms with Gasteiger partial charge in [0.25, 0.3) is 0 Å². The average molecular weight is 687 g/mol. The fraction of sp³-hybridized carbons (Fsp3) is 0. The highest BCUT2D eigenvalue weighted by molar-refractivity contribution is 6.24. The van der Waals surface area contributed by atoms with Gasteiger partial charge in [-0.25, -0.2) is 0 Å². The second-order valence-electron chi connectivity index (χ2n) is 13.6. The summed E-state index contributed by atoms with van der Waals surface area (Å²) in [5.74, 6) is 0. The Kier molecular flexibility index (Phi) is 9.07. The van der Waals surface area contributed by atoms with Crippen molar-refractivity contribution in [2.75, 3.05) is 0 Å². The number of benzene rings is 9. The van der Waals surface area contributed by atoms with Crippen LogP contribution in [0.4, 0.5) is 0 Å². The van der Waals surface area contributed by atoms with Gasteiger partial charge in [-0.2, -0.15) is 0 Å². The van der Waals surface area contributed by atoms with Crippen LogP contribution in [0.2, 0.25) is 0 Å². The minimum atomic E-state index is 1.15. The second-order valence-corrected chi connectivity index (χ2v) is 13.6. The van der Waals surface area contributed by atoms with E-state index < -0.39 is 0 Å². The Labute approximate surface area is 317 Å². The van der Waals surface area contributed by atoms with Crippen molar-refractivity contribution in [2.45, 2.75) is 0 Å². The summed E-state index contributed by atoms with van der Waals surface area (Å²) in [7, 11) is 0. The molecule has 0 aliphatic heterocycles. The molecule has 0 saturated carbocycles. The summed E-state index contributed by atoms with van der Waals surface area (Å²) in [5.41, 5.74) is 14.3. The summed E-state index contributed by atoms with van der Waals surface area (Å²) < 4.78 is 0. The molecule has 54 heavy (non-hydrogen) atoms. The van der Waals surface area contributed by atoms with Gasteiger partial charge < -0.3 is 0 Å². The molecule has 9 aromatic rings. The highest BCUT2D eigenvalue weighted by Crippen LogP contribution is 2.47.